The molecule has 0 aliphatic carbocycles. The van der Waals surface area contributed by atoms with Gasteiger partial charge in [0.2, 0.25) is 0 Å². The van der Waals surface area contributed by atoms with Crippen molar-refractivity contribution in [1.82, 2.24) is 0 Å². The molecule has 0 saturated heterocycles. The molecule has 3 nitrogen and oxygen atoms in total. The molecule has 0 heterocycles. The molecule has 1 radical (unpaired) electrons. The van der Waals surface area contributed by atoms with E-state index in [0.717, 1.165) is 7.11 Å². The summed E-state index contributed by atoms with van der Waals surface area (Å²) in [6.45, 7) is 4.81. The maximum Gasteiger partial charge on any atom is 0.348 e. The Morgan fingerprint density at radius 3 is 2.50 bits per heavy atom. The van der Waals surface area contributed by atoms with Crippen molar-refractivity contribution in [3.8, 4) is 6.07 Å². The molecule has 0 aromatic carbocycles. The molecule has 0 bridgehead atoms. The molecule has 0 spiro atoms. The quantitative estimate of drug-likeness (QED) is 0.272. The number of nitrogens with zero attached hydrogens (tertiary/aromatic N) is 1. The first-order valence-electron chi connectivity index (χ1n) is 1.83. The summed E-state index contributed by atoms with van der Waals surface area (Å²) in [5.41, 5.74) is -0.424. The molecule has 41 valence electrons. The summed E-state index contributed by atoms with van der Waals surface area (Å²) in [5, 5.41) is 7.92. The Hall–Kier alpha value is -1.30. The normalized spacial score (nSPS) is 7.00. The Labute approximate surface area is 47.2 Å². The van der Waals surface area contributed by atoms with Crippen molar-refractivity contribution in [2.75, 3.05) is 7.11 Å². The van der Waals surface area contributed by atoms with E-state index in [1.54, 1.807) is 0 Å². The number of esters is 1. The molecular formula is C5H4NO2. The Balaban J connectivity index is 3.89. The largest absolute Gasteiger partial charge is 0.465 e. The van der Waals surface area contributed by atoms with Crippen molar-refractivity contribution in [2.45, 2.75) is 0 Å². The number of rotatable bonds is 1. The molecule has 0 atom stereocenters. The molecule has 0 amide bonds. The summed E-state index contributed by atoms with van der Waals surface area (Å²) >= 11 is 0. The van der Waals surface area contributed by atoms with Crippen LogP contribution in [-0.4, -0.2) is 13.1 Å². The van der Waals surface area contributed by atoms with Gasteiger partial charge in [0.1, 0.15) is 11.6 Å². The molecule has 0 aliphatic heterocycles. The first-order chi connectivity index (χ1) is 3.72. The van der Waals surface area contributed by atoms with Crippen molar-refractivity contribution < 1.29 is 9.53 Å². The molecule has 0 saturated carbocycles. The van der Waals surface area contributed by atoms with E-state index in [2.05, 4.69) is 4.74 Å². The van der Waals surface area contributed by atoms with Gasteiger partial charge in [-0.3, -0.25) is 0 Å². The summed E-state index contributed by atoms with van der Waals surface area (Å²) in [5.74, 6) is -0.785. The lowest BCUT2D eigenvalue weighted by Crippen LogP contribution is -2.00. The Kier molecular flexibility index (Phi) is 2.35. The van der Waals surface area contributed by atoms with Crippen molar-refractivity contribution in [2.24, 2.45) is 0 Å². The summed E-state index contributed by atoms with van der Waals surface area (Å²) in [4.78, 5) is 10.1. The molecule has 0 rings (SSSR count). The fraction of sp³-hybridized carbons (Fsp3) is 0.200. The van der Waals surface area contributed by atoms with Crippen molar-refractivity contribution in [3.63, 3.8) is 0 Å². The van der Waals surface area contributed by atoms with Gasteiger partial charge < -0.3 is 4.74 Å². The Morgan fingerprint density at radius 1 is 1.88 bits per heavy atom. The smallest absolute Gasteiger partial charge is 0.348 e. The van der Waals surface area contributed by atoms with Crippen LogP contribution in [0.15, 0.2) is 5.57 Å². The van der Waals surface area contributed by atoms with Gasteiger partial charge in [-0.05, 0) is 6.58 Å². The minimum Gasteiger partial charge on any atom is -0.465 e. The highest BCUT2D eigenvalue weighted by Crippen LogP contribution is 1.87. The van der Waals surface area contributed by atoms with Crippen LogP contribution in [0.2, 0.25) is 0 Å². The van der Waals surface area contributed by atoms with Gasteiger partial charge in [0.15, 0.2) is 0 Å². The molecule has 0 unspecified atom stereocenters. The topological polar surface area (TPSA) is 50.1 Å². The van der Waals surface area contributed by atoms with Crippen LogP contribution in [-0.2, 0) is 9.53 Å². The molecule has 0 fully saturated rings. The summed E-state index contributed by atoms with van der Waals surface area (Å²) in [6.07, 6.45) is 0. The van der Waals surface area contributed by atoms with E-state index >= 15 is 0 Å². The molecule has 0 aromatic rings. The highest BCUT2D eigenvalue weighted by atomic mass is 16.5. The maximum atomic E-state index is 10.1. The fourth-order valence-corrected chi connectivity index (χ4v) is 0.156. The van der Waals surface area contributed by atoms with E-state index in [9.17, 15) is 4.79 Å². The van der Waals surface area contributed by atoms with Crippen LogP contribution in [0.5, 0.6) is 0 Å². The number of carbonyl (C=O) groups excluding carboxylic acids is 1. The second kappa shape index (κ2) is 2.80. The second-order valence-corrected chi connectivity index (χ2v) is 1.02. The van der Waals surface area contributed by atoms with E-state index < -0.39 is 11.5 Å². The number of hydrogen-bond acceptors (Lipinski definition) is 3. The predicted octanol–water partition coefficient (Wildman–Crippen LogP) is 0.0424. The fourth-order valence-electron chi connectivity index (χ4n) is 0.156. The third-order valence-corrected chi connectivity index (χ3v) is 0.526. The highest BCUT2D eigenvalue weighted by Gasteiger charge is 2.02. The SMILES string of the molecule is [CH]=C(C#N)C(=O)OC. The van der Waals surface area contributed by atoms with Crippen LogP contribution in [0, 0.1) is 17.9 Å². The summed E-state index contributed by atoms with van der Waals surface area (Å²) in [7, 11) is 1.16. The van der Waals surface area contributed by atoms with Crippen LogP contribution in [0.1, 0.15) is 0 Å². The van der Waals surface area contributed by atoms with Gasteiger partial charge >= 0.3 is 5.97 Å². The molecule has 0 N–H and O–H groups in total. The zero-order chi connectivity index (χ0) is 6.57. The Bertz CT molecular complexity index is 154. The molecular weight excluding hydrogens is 106 g/mol. The van der Waals surface area contributed by atoms with Crippen LogP contribution in [0.25, 0.3) is 0 Å². The zero-order valence-corrected chi connectivity index (χ0v) is 4.34. The van der Waals surface area contributed by atoms with Gasteiger partial charge in [-0.1, -0.05) is 0 Å². The third-order valence-electron chi connectivity index (χ3n) is 0.526. The predicted molar refractivity (Wildman–Crippen MR) is 25.4 cm³/mol. The molecule has 3 heteroatoms. The number of nitriles is 1. The number of carbonyl (C=O) groups is 1. The van der Waals surface area contributed by atoms with E-state index in [1.807, 2.05) is 0 Å². The lowest BCUT2D eigenvalue weighted by Gasteiger charge is -1.89. The van der Waals surface area contributed by atoms with Crippen LogP contribution < -0.4 is 0 Å². The number of methoxy groups -OCH3 is 1. The first-order valence-corrected chi connectivity index (χ1v) is 1.83. The minimum atomic E-state index is -0.785. The minimum absolute atomic E-state index is 0.424. The number of hydrogen-bond donors (Lipinski definition) is 0. The van der Waals surface area contributed by atoms with Crippen molar-refractivity contribution >= 4 is 5.97 Å². The second-order valence-electron chi connectivity index (χ2n) is 1.02. The first kappa shape index (κ1) is 6.70. The van der Waals surface area contributed by atoms with Gasteiger partial charge in [0, 0.05) is 0 Å². The lowest BCUT2D eigenvalue weighted by molar-refractivity contribution is -0.135. The monoisotopic (exact) mass is 110 g/mol. The van der Waals surface area contributed by atoms with Gasteiger partial charge in [0.25, 0.3) is 0 Å². The van der Waals surface area contributed by atoms with Gasteiger partial charge in [-0.15, -0.1) is 0 Å². The van der Waals surface area contributed by atoms with E-state index in [1.165, 1.54) is 6.07 Å². The molecule has 0 aromatic heterocycles. The van der Waals surface area contributed by atoms with Crippen LogP contribution in [0.3, 0.4) is 0 Å². The van der Waals surface area contributed by atoms with Gasteiger partial charge in [-0.25, -0.2) is 4.79 Å². The van der Waals surface area contributed by atoms with Gasteiger partial charge in [0.05, 0.1) is 7.11 Å². The van der Waals surface area contributed by atoms with E-state index in [4.69, 9.17) is 11.8 Å². The summed E-state index contributed by atoms with van der Waals surface area (Å²) < 4.78 is 4.08. The molecule has 8 heavy (non-hydrogen) atoms. The van der Waals surface area contributed by atoms with Gasteiger partial charge in [-0.2, -0.15) is 5.26 Å². The van der Waals surface area contributed by atoms with Crippen molar-refractivity contribution in [3.05, 3.63) is 12.2 Å². The highest BCUT2D eigenvalue weighted by molar-refractivity contribution is 5.91. The average Bonchev–Trinajstić information content (AvgIpc) is 1.84. The maximum absolute atomic E-state index is 10.1. The van der Waals surface area contributed by atoms with E-state index in [-0.39, 0.29) is 0 Å². The zero-order valence-electron chi connectivity index (χ0n) is 4.34. The third kappa shape index (κ3) is 1.43. The van der Waals surface area contributed by atoms with E-state index in [0.29, 0.717) is 0 Å². The molecule has 0 aliphatic rings. The lowest BCUT2D eigenvalue weighted by atomic mass is 10.3. The van der Waals surface area contributed by atoms with Crippen molar-refractivity contribution in [1.29, 1.82) is 5.26 Å². The average molecular weight is 110 g/mol. The standard InChI is InChI=1S/C5H4NO2/c1-4(3-6)5(7)8-2/h1H,2H3. The van der Waals surface area contributed by atoms with Crippen LogP contribution in [0.4, 0.5) is 0 Å². The Morgan fingerprint density at radius 2 is 2.38 bits per heavy atom. The van der Waals surface area contributed by atoms with Crippen LogP contribution >= 0.6 is 0 Å². The summed E-state index contributed by atoms with van der Waals surface area (Å²) in [6, 6.07) is 1.44. The number of ether oxygens (including phenoxy) is 1.